The molecule has 1 fully saturated rings. The number of halogens is 2. The molecule has 0 spiro atoms. The SMILES string of the molecule is CCNC(c1cc(Cl)cc(Br)c1)C1CCCC(CC)C1. The number of hydrogen-bond donors (Lipinski definition) is 1. The first-order chi connectivity index (χ1) is 9.63. The molecule has 3 atom stereocenters. The zero-order chi connectivity index (χ0) is 14.5. The Morgan fingerprint density at radius 2 is 2.10 bits per heavy atom. The van der Waals surface area contributed by atoms with E-state index in [0.717, 1.165) is 27.9 Å². The third-order valence-corrected chi connectivity index (χ3v) is 5.22. The molecule has 112 valence electrons. The molecule has 0 aliphatic heterocycles. The van der Waals surface area contributed by atoms with E-state index < -0.39 is 0 Å². The Balaban J connectivity index is 2.21. The molecule has 0 heterocycles. The van der Waals surface area contributed by atoms with E-state index in [1.54, 1.807) is 0 Å². The Hall–Kier alpha value is -0.0500. The molecular weight excluding hydrogens is 334 g/mol. The summed E-state index contributed by atoms with van der Waals surface area (Å²) in [6.07, 6.45) is 6.77. The van der Waals surface area contributed by atoms with Gasteiger partial charge in [0.25, 0.3) is 0 Å². The van der Waals surface area contributed by atoms with Gasteiger partial charge in [-0.05, 0) is 55.0 Å². The highest BCUT2D eigenvalue weighted by Gasteiger charge is 2.28. The third-order valence-electron chi connectivity index (χ3n) is 4.54. The molecule has 1 N–H and O–H groups in total. The number of benzene rings is 1. The molecule has 1 aromatic carbocycles. The zero-order valence-electron chi connectivity index (χ0n) is 12.5. The van der Waals surface area contributed by atoms with E-state index >= 15 is 0 Å². The van der Waals surface area contributed by atoms with Gasteiger partial charge in [0, 0.05) is 15.5 Å². The van der Waals surface area contributed by atoms with Crippen molar-refractivity contribution in [2.75, 3.05) is 6.54 Å². The number of nitrogens with one attached hydrogen (secondary N) is 1. The lowest BCUT2D eigenvalue weighted by atomic mass is 9.75. The summed E-state index contributed by atoms with van der Waals surface area (Å²) in [5, 5.41) is 4.51. The second-order valence-corrected chi connectivity index (χ2v) is 7.29. The van der Waals surface area contributed by atoms with Crippen LogP contribution in [0.5, 0.6) is 0 Å². The van der Waals surface area contributed by atoms with Crippen LogP contribution in [0, 0.1) is 11.8 Å². The first kappa shape index (κ1) is 16.3. The summed E-state index contributed by atoms with van der Waals surface area (Å²) in [6.45, 7) is 5.51. The maximum absolute atomic E-state index is 6.23. The van der Waals surface area contributed by atoms with E-state index in [1.807, 2.05) is 6.07 Å². The van der Waals surface area contributed by atoms with Crippen LogP contribution in [0.3, 0.4) is 0 Å². The fourth-order valence-corrected chi connectivity index (χ4v) is 4.42. The molecule has 1 aliphatic carbocycles. The van der Waals surface area contributed by atoms with E-state index in [-0.39, 0.29) is 0 Å². The van der Waals surface area contributed by atoms with E-state index in [0.29, 0.717) is 6.04 Å². The lowest BCUT2D eigenvalue weighted by Crippen LogP contribution is -2.31. The normalized spacial score (nSPS) is 24.6. The van der Waals surface area contributed by atoms with Crippen LogP contribution < -0.4 is 5.32 Å². The topological polar surface area (TPSA) is 12.0 Å². The van der Waals surface area contributed by atoms with Gasteiger partial charge >= 0.3 is 0 Å². The Kier molecular flexibility index (Phi) is 6.38. The summed E-state index contributed by atoms with van der Waals surface area (Å²) in [7, 11) is 0. The number of rotatable bonds is 5. The van der Waals surface area contributed by atoms with Crippen LogP contribution in [0.1, 0.15) is 57.6 Å². The minimum absolute atomic E-state index is 0.435. The molecule has 0 saturated heterocycles. The highest BCUT2D eigenvalue weighted by molar-refractivity contribution is 9.10. The van der Waals surface area contributed by atoms with Gasteiger partial charge in [0.05, 0.1) is 0 Å². The second-order valence-electron chi connectivity index (χ2n) is 5.94. The molecule has 1 aliphatic rings. The number of hydrogen-bond acceptors (Lipinski definition) is 1. The van der Waals surface area contributed by atoms with Crippen LogP contribution in [-0.4, -0.2) is 6.54 Å². The average molecular weight is 359 g/mol. The minimum atomic E-state index is 0.435. The van der Waals surface area contributed by atoms with Crippen molar-refractivity contribution in [1.82, 2.24) is 5.32 Å². The monoisotopic (exact) mass is 357 g/mol. The molecule has 3 unspecified atom stereocenters. The van der Waals surface area contributed by atoms with Crippen LogP contribution in [0.25, 0.3) is 0 Å². The maximum atomic E-state index is 6.23. The first-order valence-corrected chi connectivity index (χ1v) is 9.00. The predicted octanol–water partition coefficient (Wildman–Crippen LogP) is 5.97. The van der Waals surface area contributed by atoms with E-state index in [2.05, 4.69) is 47.2 Å². The summed E-state index contributed by atoms with van der Waals surface area (Å²) in [5.41, 5.74) is 1.33. The molecule has 1 aromatic rings. The lowest BCUT2D eigenvalue weighted by Gasteiger charge is -2.35. The molecule has 0 amide bonds. The molecule has 0 bridgehead atoms. The second kappa shape index (κ2) is 7.82. The summed E-state index contributed by atoms with van der Waals surface area (Å²) >= 11 is 9.80. The molecule has 20 heavy (non-hydrogen) atoms. The fourth-order valence-electron chi connectivity index (χ4n) is 3.54. The first-order valence-electron chi connectivity index (χ1n) is 7.83. The van der Waals surface area contributed by atoms with Gasteiger partial charge in [-0.1, -0.05) is 60.6 Å². The Morgan fingerprint density at radius 1 is 1.30 bits per heavy atom. The highest BCUT2D eigenvalue weighted by atomic mass is 79.9. The van der Waals surface area contributed by atoms with Crippen molar-refractivity contribution in [2.24, 2.45) is 11.8 Å². The van der Waals surface area contributed by atoms with Crippen LogP contribution >= 0.6 is 27.5 Å². The van der Waals surface area contributed by atoms with E-state index in [1.165, 1.54) is 37.7 Å². The molecule has 0 radical (unpaired) electrons. The van der Waals surface area contributed by atoms with Crippen molar-refractivity contribution in [3.05, 3.63) is 33.3 Å². The van der Waals surface area contributed by atoms with Gasteiger partial charge in [-0.25, -0.2) is 0 Å². The predicted molar refractivity (Wildman–Crippen MR) is 91.3 cm³/mol. The molecule has 2 rings (SSSR count). The molecule has 0 aromatic heterocycles. The quantitative estimate of drug-likeness (QED) is 0.683. The Bertz CT molecular complexity index is 415. The summed E-state index contributed by atoms with van der Waals surface area (Å²) in [6, 6.07) is 6.73. The van der Waals surface area contributed by atoms with Gasteiger partial charge in [0.1, 0.15) is 0 Å². The highest BCUT2D eigenvalue weighted by Crippen LogP contribution is 2.39. The summed E-state index contributed by atoms with van der Waals surface area (Å²) < 4.78 is 1.07. The van der Waals surface area contributed by atoms with Crippen molar-refractivity contribution < 1.29 is 0 Å². The van der Waals surface area contributed by atoms with E-state index in [4.69, 9.17) is 11.6 Å². The minimum Gasteiger partial charge on any atom is -0.310 e. The van der Waals surface area contributed by atoms with Crippen LogP contribution in [0.15, 0.2) is 22.7 Å². The van der Waals surface area contributed by atoms with E-state index in [9.17, 15) is 0 Å². The Morgan fingerprint density at radius 3 is 2.75 bits per heavy atom. The van der Waals surface area contributed by atoms with Crippen LogP contribution in [-0.2, 0) is 0 Å². The van der Waals surface area contributed by atoms with Crippen LogP contribution in [0.4, 0.5) is 0 Å². The summed E-state index contributed by atoms with van der Waals surface area (Å²) in [4.78, 5) is 0. The van der Waals surface area contributed by atoms with Crippen molar-refractivity contribution >= 4 is 27.5 Å². The van der Waals surface area contributed by atoms with Crippen LogP contribution in [0.2, 0.25) is 5.02 Å². The fraction of sp³-hybridized carbons (Fsp3) is 0.647. The van der Waals surface area contributed by atoms with Crippen molar-refractivity contribution in [3.63, 3.8) is 0 Å². The largest absolute Gasteiger partial charge is 0.310 e. The van der Waals surface area contributed by atoms with Crippen molar-refractivity contribution in [3.8, 4) is 0 Å². The van der Waals surface area contributed by atoms with Crippen molar-refractivity contribution in [2.45, 2.75) is 52.0 Å². The van der Waals surface area contributed by atoms with Gasteiger partial charge in [-0.2, -0.15) is 0 Å². The molecule has 1 saturated carbocycles. The van der Waals surface area contributed by atoms with Gasteiger partial charge < -0.3 is 5.32 Å². The summed E-state index contributed by atoms with van der Waals surface area (Å²) in [5.74, 6) is 1.64. The molecule has 1 nitrogen and oxygen atoms in total. The lowest BCUT2D eigenvalue weighted by molar-refractivity contribution is 0.210. The van der Waals surface area contributed by atoms with Gasteiger partial charge in [0.15, 0.2) is 0 Å². The van der Waals surface area contributed by atoms with Gasteiger partial charge in [-0.15, -0.1) is 0 Å². The third kappa shape index (κ3) is 4.22. The van der Waals surface area contributed by atoms with Gasteiger partial charge in [0.2, 0.25) is 0 Å². The zero-order valence-corrected chi connectivity index (χ0v) is 14.8. The molecule has 3 heteroatoms. The Labute approximate surface area is 136 Å². The van der Waals surface area contributed by atoms with Crippen molar-refractivity contribution in [1.29, 1.82) is 0 Å². The maximum Gasteiger partial charge on any atom is 0.0420 e. The molecular formula is C17H25BrClN. The smallest absolute Gasteiger partial charge is 0.0420 e. The van der Waals surface area contributed by atoms with Gasteiger partial charge in [-0.3, -0.25) is 0 Å². The standard InChI is InChI=1S/C17H25BrClN/c1-3-12-6-5-7-13(8-12)17(20-4-2)14-9-15(18)11-16(19)10-14/h9-13,17,20H,3-8H2,1-2H3. The average Bonchev–Trinajstić information content (AvgIpc) is 2.43.